The second kappa shape index (κ2) is 48.0. The fourth-order valence-corrected chi connectivity index (χ4v) is 17.6. The smallest absolute Gasteiger partial charge is 0.246 e. The number of piperazine rings is 1. The lowest BCUT2D eigenvalue weighted by Crippen LogP contribution is -2.65. The number of rotatable bonds is 23. The van der Waals surface area contributed by atoms with Crippen LogP contribution in [0.15, 0.2) is 97.7 Å². The van der Waals surface area contributed by atoms with Gasteiger partial charge in [0.15, 0.2) is 0 Å². The highest BCUT2D eigenvalue weighted by atomic mass is 32.2. The molecule has 3 aromatic heterocycles. The number of nitrogens with two attached hydrogens (primary N) is 3. The first-order valence-electron chi connectivity index (χ1n) is 44.3. The maximum Gasteiger partial charge on any atom is 0.246 e. The second-order valence-electron chi connectivity index (χ2n) is 33.7. The van der Waals surface area contributed by atoms with Gasteiger partial charge in [0, 0.05) is 137 Å². The van der Waals surface area contributed by atoms with Crippen LogP contribution in [0.3, 0.4) is 0 Å². The van der Waals surface area contributed by atoms with Gasteiger partial charge in [-0.15, -0.1) is 11.8 Å². The van der Waals surface area contributed by atoms with E-state index in [4.69, 9.17) is 17.2 Å². The summed E-state index contributed by atoms with van der Waals surface area (Å²) in [5.41, 5.74) is 19.7. The van der Waals surface area contributed by atoms with Crippen LogP contribution >= 0.6 is 11.8 Å². The molecule has 4 saturated heterocycles. The molecule has 0 bridgehead atoms. The molecule has 4 fully saturated rings. The Bertz CT molecular complexity index is 5210. The second-order valence-corrected chi connectivity index (χ2v) is 34.7. The highest BCUT2D eigenvalue weighted by Crippen LogP contribution is 2.28. The number of nitrogens with one attached hydrogen (secondary N) is 14. The van der Waals surface area contributed by atoms with E-state index in [2.05, 4.69) is 78.4 Å². The van der Waals surface area contributed by atoms with Gasteiger partial charge in [-0.2, -0.15) is 0 Å². The quantitative estimate of drug-likeness (QED) is 0.0286. The van der Waals surface area contributed by atoms with Gasteiger partial charge in [-0.3, -0.25) is 86.3 Å². The van der Waals surface area contributed by atoms with Crippen molar-refractivity contribution in [2.24, 2.45) is 17.2 Å². The molecule has 10 rings (SSSR count). The number of H-pyrrole nitrogens is 3. The first-order chi connectivity index (χ1) is 63.6. The van der Waals surface area contributed by atoms with Crippen molar-refractivity contribution in [3.05, 3.63) is 120 Å². The molecule has 718 valence electrons. The fourth-order valence-electron chi connectivity index (χ4n) is 16.7. The zero-order valence-corrected chi connectivity index (χ0v) is 75.4. The highest BCUT2D eigenvalue weighted by Gasteiger charge is 2.47. The molecule has 7 heterocycles. The Morgan fingerprint density at radius 3 is 1.70 bits per heavy atom. The van der Waals surface area contributed by atoms with E-state index < -0.39 is 254 Å². The number of aromatic amines is 3. The van der Waals surface area contributed by atoms with Gasteiger partial charge in [-0.1, -0.05) is 88.1 Å². The predicted octanol–water partition coefficient (Wildman–Crippen LogP) is -5.00. The van der Waals surface area contributed by atoms with Gasteiger partial charge < -0.3 is 130 Å². The molecular weight excluding hydrogens is 1750 g/mol. The lowest BCUT2D eigenvalue weighted by atomic mass is 10.00. The van der Waals surface area contributed by atoms with Crippen LogP contribution in [0.2, 0.25) is 0 Å². The van der Waals surface area contributed by atoms with E-state index in [1.165, 1.54) is 57.8 Å². The molecule has 133 heavy (non-hydrogen) atoms. The van der Waals surface area contributed by atoms with Crippen LogP contribution in [-0.4, -0.2) is 328 Å². The number of amides is 18. The van der Waals surface area contributed by atoms with Crippen LogP contribution in [0.1, 0.15) is 120 Å². The van der Waals surface area contributed by atoms with E-state index in [1.54, 1.807) is 60.9 Å². The third-order valence-corrected chi connectivity index (χ3v) is 25.0. The van der Waals surface area contributed by atoms with Gasteiger partial charge in [0.1, 0.15) is 90.3 Å². The van der Waals surface area contributed by atoms with Crippen LogP contribution < -0.4 is 75.7 Å². The summed E-state index contributed by atoms with van der Waals surface area (Å²) in [5, 5.41) is 63.1. The molecule has 15 atom stereocenters. The van der Waals surface area contributed by atoms with Crippen molar-refractivity contribution >= 4 is 140 Å². The highest BCUT2D eigenvalue weighted by molar-refractivity contribution is 8.00. The number of carbonyl (C=O) groups is 18. The van der Waals surface area contributed by atoms with Gasteiger partial charge in [0.2, 0.25) is 106 Å². The number of hydrogen-bond acceptors (Lipinski definition) is 24. The monoisotopic (exact) mass is 1870 g/mol. The molecular formula is C88H119N23O21S. The number of primary amides is 3. The van der Waals surface area contributed by atoms with Crippen LogP contribution in [-0.2, 0) is 112 Å². The van der Waals surface area contributed by atoms with Crippen LogP contribution in [0, 0.1) is 0 Å². The summed E-state index contributed by atoms with van der Waals surface area (Å²) in [5.74, 6) is -18.4. The molecule has 4 aliphatic rings. The summed E-state index contributed by atoms with van der Waals surface area (Å²) in [6.07, 6.45) is 2.48. The summed E-state index contributed by atoms with van der Waals surface area (Å²) in [4.78, 5) is 281. The van der Waals surface area contributed by atoms with Crippen LogP contribution in [0.4, 0.5) is 0 Å². The number of hydrogen-bond donors (Lipinski definition) is 20. The molecule has 0 aliphatic carbocycles. The Balaban J connectivity index is 1.01. The number of para-hydroxylation sites is 2. The molecule has 3 aromatic carbocycles. The molecule has 0 saturated carbocycles. The number of aliphatic hydroxyl groups is 2. The van der Waals surface area contributed by atoms with E-state index in [0.29, 0.717) is 64.2 Å². The van der Waals surface area contributed by atoms with E-state index >= 15 is 43.2 Å². The molecule has 4 aliphatic heterocycles. The summed E-state index contributed by atoms with van der Waals surface area (Å²) in [6.45, 7) is 2.08. The summed E-state index contributed by atoms with van der Waals surface area (Å²) < 4.78 is 0. The minimum Gasteiger partial charge on any atom is -0.508 e. The molecule has 44 nitrogen and oxygen atoms in total. The summed E-state index contributed by atoms with van der Waals surface area (Å²) >= 11 is 0.782. The Morgan fingerprint density at radius 1 is 0.534 bits per heavy atom. The van der Waals surface area contributed by atoms with Crippen molar-refractivity contribution in [1.29, 1.82) is 0 Å². The molecule has 18 amide bonds. The third-order valence-electron chi connectivity index (χ3n) is 23.9. The number of imidazole rings is 1. The zero-order valence-electron chi connectivity index (χ0n) is 74.6. The van der Waals surface area contributed by atoms with E-state index in [-0.39, 0.29) is 89.0 Å². The number of carbonyl (C=O) groups excluding carboxylic acids is 18. The first-order valence-corrected chi connectivity index (χ1v) is 45.4. The zero-order chi connectivity index (χ0) is 96.4. The van der Waals surface area contributed by atoms with Crippen molar-refractivity contribution in [3.8, 4) is 5.75 Å². The van der Waals surface area contributed by atoms with Crippen LogP contribution in [0.25, 0.3) is 21.8 Å². The SMILES string of the molecule is CCCC[C@H]1C(=O)N(C)[C@@H](CCCC)C(=O)N[C@@H](C)C(=O)N[C@H](C(=O)NCC(N)=O)CSCC(=O)N[C@@H](Cc2ccc(O)cc2)C(=O)N2CCNC[C@H]2C(=O)N[C@@H](CC(N)=O)C(=O)N2CCC[C@H]2C(=O)N[C@@H](Cc2cnc[nH]2)C(=O)N[C@@H](CCC(N)=O)C(=O)N2C[C@H](O)C[C@H]2C(=O)N[C@@H](Cc2c[nH]c3ccccc23)C(=O)N[C@@H](CO)C(=O)N[C@@H](Cc2c[nH]c3ccccc23)C(=O)N1C. The maximum absolute atomic E-state index is 15.6. The molecule has 45 heteroatoms. The number of benzene rings is 3. The normalized spacial score (nSPS) is 25.4. The van der Waals surface area contributed by atoms with E-state index in [0.717, 1.165) is 36.3 Å². The van der Waals surface area contributed by atoms with Crippen molar-refractivity contribution < 1.29 is 102 Å². The maximum atomic E-state index is 15.6. The average Bonchev–Trinajstić information content (AvgIpc) is 1.64. The number of nitrogens with zero attached hydrogens (tertiary/aromatic N) is 6. The topological polar surface area (TPSA) is 655 Å². The first kappa shape index (κ1) is 102. The van der Waals surface area contributed by atoms with Gasteiger partial charge >= 0.3 is 0 Å². The Morgan fingerprint density at radius 2 is 1.08 bits per heavy atom. The molecule has 0 radical (unpaired) electrons. The number of aromatic nitrogens is 4. The van der Waals surface area contributed by atoms with Crippen molar-refractivity contribution in [2.75, 3.05) is 71.5 Å². The lowest BCUT2D eigenvalue weighted by molar-refractivity contribution is -0.149. The summed E-state index contributed by atoms with van der Waals surface area (Å²) in [6, 6.07) is -2.68. The lowest BCUT2D eigenvalue weighted by Gasteiger charge is -2.38. The predicted molar refractivity (Wildman–Crippen MR) is 481 cm³/mol. The van der Waals surface area contributed by atoms with Crippen molar-refractivity contribution in [3.63, 3.8) is 0 Å². The molecule has 0 unspecified atom stereocenters. The largest absolute Gasteiger partial charge is 0.508 e. The summed E-state index contributed by atoms with van der Waals surface area (Å²) in [7, 11) is 2.68. The third kappa shape index (κ3) is 27.3. The van der Waals surface area contributed by atoms with Gasteiger partial charge in [0.25, 0.3) is 0 Å². The Hall–Kier alpha value is -13.6. The van der Waals surface area contributed by atoms with Crippen molar-refractivity contribution in [2.45, 2.75) is 214 Å². The number of aliphatic hydroxyl groups excluding tert-OH is 2. The standard InChI is InChI=1S/C88H119N23O21S/c1-6-8-19-66-80(124)98-47(3)75(119)106-65(76(120)96-41-73(91)117)44-133-45-74(118)99-61(31-48-22-24-52(113)25-23-48)86(130)110-30-28-92-40-70(110)83(127)104-63(36-72(90)116)87(131)109-29-14-21-67(109)81(125)102-60(34-51-39-93-46-97-51)78(122)100-58(26-27-71(89)115)85(129)111-42-53(114)35-69(111)82(126)101-59(32-49-37-94-56-17-12-10-15-54(49)56)77(121)105-64(43-112)79(123)103-62(33-50-38-95-57-18-13-11-16-55(50)57)84(128)108(5)68(20-9-7-2)88(132)107(66)4/h10-13,15-18,22-25,37-39,46-47,53,58-70,92,94-95,112-114H,6-9,14,19-21,26-36,40-45H2,1-5H3,(H2,89,115)(H2,90,116)(H2,91,117)(H,93,97)(H,96,120)(H,98,124)(H,99,118)(H,100,122)(H,101,126)(H,102,125)(H,103,123)(H,104,127)(H,105,121)(H,106,119)/t47-,53+,58-,59-,60-,61-,62-,63-,64-,65-,66-,67-,68-,69-,70-/m0/s1. The Labute approximate surface area is 769 Å². The number of unbranched alkanes of at least 4 members (excludes halogenated alkanes) is 2. The number of fused-ring (bicyclic) bond motifs is 5. The number of thioether (sulfide) groups is 1. The molecule has 23 N–H and O–H groups in total. The van der Waals surface area contributed by atoms with Crippen LogP contribution in [0.5, 0.6) is 5.75 Å². The number of phenols is 1. The van der Waals surface area contributed by atoms with E-state index in [9.17, 15) is 58.5 Å². The average molecular weight is 1870 g/mol. The molecule has 6 aromatic rings. The number of likely N-dealkylation sites (N-methyl/N-ethyl adjacent to an activating group) is 2. The van der Waals surface area contributed by atoms with Gasteiger partial charge in [-0.25, -0.2) is 4.98 Å². The van der Waals surface area contributed by atoms with Gasteiger partial charge in [0.05, 0.1) is 37.8 Å². The number of phenolic OH excluding ortho intramolecular Hbond substituents is 1. The van der Waals surface area contributed by atoms with E-state index in [1.807, 2.05) is 13.8 Å². The minimum atomic E-state index is -1.91. The number of aromatic hydroxyl groups is 1. The fraction of sp³-hybridized carbons (Fsp3) is 0.511. The minimum absolute atomic E-state index is 0.00302. The Kier molecular flexibility index (Phi) is 36.7. The van der Waals surface area contributed by atoms with Crippen molar-refractivity contribution in [1.82, 2.24) is 103 Å². The van der Waals surface area contributed by atoms with Gasteiger partial charge in [-0.05, 0) is 80.0 Å². The molecule has 0 spiro atoms.